The number of rotatable bonds is 2. The minimum atomic E-state index is 0.495. The molecule has 1 unspecified atom stereocenters. The van der Waals surface area contributed by atoms with E-state index in [9.17, 15) is 0 Å². The summed E-state index contributed by atoms with van der Waals surface area (Å²) in [6, 6.07) is 17.8. The Morgan fingerprint density at radius 2 is 2.05 bits per heavy atom. The molecule has 3 heteroatoms. The average Bonchev–Trinajstić information content (AvgIpc) is 2.59. The van der Waals surface area contributed by atoms with Crippen molar-refractivity contribution in [1.29, 1.82) is 0 Å². The molecule has 0 radical (unpaired) electrons. The highest BCUT2D eigenvalue weighted by atomic mass is 79.9. The third kappa shape index (κ3) is 3.05. The van der Waals surface area contributed by atoms with Crippen LogP contribution in [0.1, 0.15) is 18.1 Å². The number of para-hydroxylation sites is 1. The SMILES string of the molecule is CC1CN(Cc2cccc(Br)c2)c2ccccc2CN1. The average molecular weight is 331 g/mol. The fourth-order valence-corrected chi connectivity index (χ4v) is 3.20. The molecule has 104 valence electrons. The molecule has 0 saturated heterocycles. The smallest absolute Gasteiger partial charge is 0.0430 e. The molecule has 0 aliphatic carbocycles. The van der Waals surface area contributed by atoms with Crippen LogP contribution in [-0.4, -0.2) is 12.6 Å². The molecule has 0 aromatic heterocycles. The number of anilines is 1. The highest BCUT2D eigenvalue weighted by Gasteiger charge is 2.18. The van der Waals surface area contributed by atoms with Gasteiger partial charge in [-0.25, -0.2) is 0 Å². The summed E-state index contributed by atoms with van der Waals surface area (Å²) in [6.45, 7) is 5.18. The third-order valence-electron chi connectivity index (χ3n) is 3.73. The van der Waals surface area contributed by atoms with E-state index in [4.69, 9.17) is 0 Å². The maximum atomic E-state index is 3.58. The van der Waals surface area contributed by atoms with E-state index < -0.39 is 0 Å². The van der Waals surface area contributed by atoms with Crippen molar-refractivity contribution in [2.75, 3.05) is 11.4 Å². The summed E-state index contributed by atoms with van der Waals surface area (Å²) in [4.78, 5) is 2.47. The number of fused-ring (bicyclic) bond motifs is 1. The molecule has 0 spiro atoms. The quantitative estimate of drug-likeness (QED) is 0.896. The van der Waals surface area contributed by atoms with Crippen molar-refractivity contribution in [3.63, 3.8) is 0 Å². The van der Waals surface area contributed by atoms with Gasteiger partial charge in [0.15, 0.2) is 0 Å². The minimum Gasteiger partial charge on any atom is -0.365 e. The van der Waals surface area contributed by atoms with Crippen molar-refractivity contribution in [2.45, 2.75) is 26.1 Å². The second kappa shape index (κ2) is 5.98. The number of halogens is 1. The van der Waals surface area contributed by atoms with Crippen LogP contribution in [0, 0.1) is 0 Å². The van der Waals surface area contributed by atoms with Gasteiger partial charge < -0.3 is 10.2 Å². The molecule has 2 aromatic rings. The standard InChI is InChI=1S/C17H19BrN2/c1-13-11-20(12-14-5-4-7-16(18)9-14)17-8-3-2-6-15(17)10-19-13/h2-9,13,19H,10-12H2,1H3. The third-order valence-corrected chi connectivity index (χ3v) is 4.22. The van der Waals surface area contributed by atoms with E-state index in [1.165, 1.54) is 16.8 Å². The largest absolute Gasteiger partial charge is 0.365 e. The molecule has 1 aliphatic rings. The van der Waals surface area contributed by atoms with Crippen molar-refractivity contribution in [1.82, 2.24) is 5.32 Å². The summed E-state index contributed by atoms with van der Waals surface area (Å²) >= 11 is 3.56. The lowest BCUT2D eigenvalue weighted by molar-refractivity contribution is 0.552. The number of hydrogen-bond donors (Lipinski definition) is 1. The van der Waals surface area contributed by atoms with Gasteiger partial charge in [0.1, 0.15) is 0 Å². The maximum Gasteiger partial charge on any atom is 0.0430 e. The Morgan fingerprint density at radius 1 is 1.20 bits per heavy atom. The molecule has 2 nitrogen and oxygen atoms in total. The molecule has 0 fully saturated rings. The van der Waals surface area contributed by atoms with Crippen LogP contribution in [0.3, 0.4) is 0 Å². The summed E-state index contributed by atoms with van der Waals surface area (Å²) in [6.07, 6.45) is 0. The van der Waals surface area contributed by atoms with Crippen LogP contribution in [0.15, 0.2) is 53.0 Å². The van der Waals surface area contributed by atoms with Gasteiger partial charge in [0, 0.05) is 35.8 Å². The van der Waals surface area contributed by atoms with Gasteiger partial charge >= 0.3 is 0 Å². The molecule has 2 aromatic carbocycles. The lowest BCUT2D eigenvalue weighted by Gasteiger charge is -2.26. The second-order valence-electron chi connectivity index (χ2n) is 5.42. The fourth-order valence-electron chi connectivity index (χ4n) is 2.75. The first-order valence-electron chi connectivity index (χ1n) is 7.03. The number of hydrogen-bond acceptors (Lipinski definition) is 2. The van der Waals surface area contributed by atoms with Gasteiger partial charge in [-0.3, -0.25) is 0 Å². The summed E-state index contributed by atoms with van der Waals surface area (Å²) in [5.74, 6) is 0. The molecular formula is C17H19BrN2. The zero-order valence-corrected chi connectivity index (χ0v) is 13.2. The maximum absolute atomic E-state index is 3.58. The highest BCUT2D eigenvalue weighted by Crippen LogP contribution is 2.25. The monoisotopic (exact) mass is 330 g/mol. The topological polar surface area (TPSA) is 15.3 Å². The predicted molar refractivity (Wildman–Crippen MR) is 87.9 cm³/mol. The van der Waals surface area contributed by atoms with Gasteiger partial charge in [-0.1, -0.05) is 46.3 Å². The molecule has 1 N–H and O–H groups in total. The zero-order chi connectivity index (χ0) is 13.9. The van der Waals surface area contributed by atoms with Gasteiger partial charge in [0.05, 0.1) is 0 Å². The summed E-state index contributed by atoms with van der Waals surface area (Å²) < 4.78 is 1.14. The molecule has 1 heterocycles. The number of nitrogens with one attached hydrogen (secondary N) is 1. The van der Waals surface area contributed by atoms with Gasteiger partial charge in [0.2, 0.25) is 0 Å². The molecule has 20 heavy (non-hydrogen) atoms. The minimum absolute atomic E-state index is 0.495. The van der Waals surface area contributed by atoms with E-state index in [0.29, 0.717) is 6.04 Å². The molecule has 3 rings (SSSR count). The Morgan fingerprint density at radius 3 is 2.90 bits per heavy atom. The predicted octanol–water partition coefficient (Wildman–Crippen LogP) is 3.95. The summed E-state index contributed by atoms with van der Waals surface area (Å²) in [7, 11) is 0. The van der Waals surface area contributed by atoms with E-state index in [2.05, 4.69) is 81.6 Å². The molecule has 0 saturated carbocycles. The number of nitrogens with zero attached hydrogens (tertiary/aromatic N) is 1. The van der Waals surface area contributed by atoms with Crippen LogP contribution in [0.2, 0.25) is 0 Å². The van der Waals surface area contributed by atoms with Gasteiger partial charge in [0.25, 0.3) is 0 Å². The van der Waals surface area contributed by atoms with Crippen molar-refractivity contribution in [3.8, 4) is 0 Å². The molecular weight excluding hydrogens is 312 g/mol. The van der Waals surface area contributed by atoms with E-state index >= 15 is 0 Å². The summed E-state index contributed by atoms with van der Waals surface area (Å²) in [5, 5.41) is 3.58. The first-order valence-corrected chi connectivity index (χ1v) is 7.82. The van der Waals surface area contributed by atoms with E-state index in [0.717, 1.165) is 24.1 Å². The van der Waals surface area contributed by atoms with Crippen molar-refractivity contribution in [3.05, 3.63) is 64.1 Å². The second-order valence-corrected chi connectivity index (χ2v) is 6.34. The van der Waals surface area contributed by atoms with E-state index in [1.807, 2.05) is 0 Å². The Kier molecular flexibility index (Phi) is 4.08. The van der Waals surface area contributed by atoms with Crippen LogP contribution in [0.25, 0.3) is 0 Å². The van der Waals surface area contributed by atoms with Crippen LogP contribution in [-0.2, 0) is 13.1 Å². The van der Waals surface area contributed by atoms with Crippen molar-refractivity contribution < 1.29 is 0 Å². The molecule has 1 atom stereocenters. The molecule has 0 bridgehead atoms. The first-order chi connectivity index (χ1) is 9.72. The van der Waals surface area contributed by atoms with Crippen LogP contribution >= 0.6 is 15.9 Å². The van der Waals surface area contributed by atoms with Crippen molar-refractivity contribution in [2.24, 2.45) is 0 Å². The van der Waals surface area contributed by atoms with Crippen LogP contribution in [0.4, 0.5) is 5.69 Å². The van der Waals surface area contributed by atoms with Crippen LogP contribution < -0.4 is 10.2 Å². The molecule has 0 amide bonds. The number of benzene rings is 2. The lowest BCUT2D eigenvalue weighted by atomic mass is 10.1. The highest BCUT2D eigenvalue weighted by molar-refractivity contribution is 9.10. The zero-order valence-electron chi connectivity index (χ0n) is 11.6. The Hall–Kier alpha value is -1.32. The Balaban J connectivity index is 1.90. The van der Waals surface area contributed by atoms with Crippen LogP contribution in [0.5, 0.6) is 0 Å². The summed E-state index contributed by atoms with van der Waals surface area (Å²) in [5.41, 5.74) is 4.07. The van der Waals surface area contributed by atoms with E-state index in [-0.39, 0.29) is 0 Å². The molecule has 1 aliphatic heterocycles. The van der Waals surface area contributed by atoms with Crippen molar-refractivity contribution >= 4 is 21.6 Å². The normalized spacial score (nSPS) is 18.5. The Labute approximate surface area is 128 Å². The van der Waals surface area contributed by atoms with Gasteiger partial charge in [-0.2, -0.15) is 0 Å². The fraction of sp³-hybridized carbons (Fsp3) is 0.294. The Bertz CT molecular complexity index is 597. The van der Waals surface area contributed by atoms with Gasteiger partial charge in [-0.15, -0.1) is 0 Å². The first kappa shape index (κ1) is 13.7. The van der Waals surface area contributed by atoms with E-state index in [1.54, 1.807) is 0 Å². The lowest BCUT2D eigenvalue weighted by Crippen LogP contribution is -2.35. The van der Waals surface area contributed by atoms with Gasteiger partial charge in [-0.05, 0) is 36.2 Å².